The largest absolute Gasteiger partial charge is 0.480 e. The molecule has 1 aromatic carbocycles. The molecule has 1 aliphatic heterocycles. The number of nitrogens with one attached hydrogen (secondary N) is 2. The molecule has 20 heavy (non-hydrogen) atoms. The van der Waals surface area contributed by atoms with Gasteiger partial charge in [0.25, 0.3) is 5.91 Å². The zero-order chi connectivity index (χ0) is 14.1. The fraction of sp³-hybridized carbons (Fsp3) is 0.286. The highest BCUT2D eigenvalue weighted by Gasteiger charge is 2.29. The molecular weight excluding hydrogens is 278 g/mol. The fourth-order valence-electron chi connectivity index (χ4n) is 2.21. The second-order valence-corrected chi connectivity index (χ2v) is 5.24. The maximum absolute atomic E-state index is 12.1. The van der Waals surface area contributed by atoms with Crippen LogP contribution in [-0.2, 0) is 17.8 Å². The Balaban J connectivity index is 1.61. The fourth-order valence-corrected chi connectivity index (χ4v) is 2.41. The number of ether oxygens (including phenoxy) is 1. The predicted octanol–water partition coefficient (Wildman–Crippen LogP) is 1.99. The number of H-pyrrole nitrogens is 1. The van der Waals surface area contributed by atoms with Crippen LogP contribution in [0.2, 0.25) is 5.02 Å². The van der Waals surface area contributed by atoms with Gasteiger partial charge >= 0.3 is 0 Å². The quantitative estimate of drug-likeness (QED) is 0.909. The van der Waals surface area contributed by atoms with Gasteiger partial charge < -0.3 is 10.1 Å². The third-order valence-electron chi connectivity index (χ3n) is 3.38. The third kappa shape index (κ3) is 2.49. The topological polar surface area (TPSA) is 67.0 Å². The van der Waals surface area contributed by atoms with E-state index < -0.39 is 6.10 Å². The van der Waals surface area contributed by atoms with Crippen molar-refractivity contribution in [2.24, 2.45) is 0 Å². The number of halogens is 1. The number of nitrogens with zero attached hydrogens (tertiary/aromatic N) is 1. The molecule has 6 heteroatoms. The van der Waals surface area contributed by atoms with Crippen LogP contribution in [0.3, 0.4) is 0 Å². The summed E-state index contributed by atoms with van der Waals surface area (Å²) >= 11 is 5.93. The average molecular weight is 292 g/mol. The summed E-state index contributed by atoms with van der Waals surface area (Å²) in [5.74, 6) is 0.604. The lowest BCUT2D eigenvalue weighted by atomic mass is 10.1. The van der Waals surface area contributed by atoms with Gasteiger partial charge in [-0.25, -0.2) is 0 Å². The van der Waals surface area contributed by atoms with E-state index in [2.05, 4.69) is 15.5 Å². The highest BCUT2D eigenvalue weighted by atomic mass is 35.5. The molecule has 0 unspecified atom stereocenters. The van der Waals surface area contributed by atoms with Crippen molar-refractivity contribution < 1.29 is 9.53 Å². The molecule has 0 spiro atoms. The van der Waals surface area contributed by atoms with E-state index in [-0.39, 0.29) is 5.91 Å². The molecule has 1 atom stereocenters. The summed E-state index contributed by atoms with van der Waals surface area (Å²) in [4.78, 5) is 12.1. The van der Waals surface area contributed by atoms with Crippen LogP contribution in [0.15, 0.2) is 24.4 Å². The van der Waals surface area contributed by atoms with Crippen molar-refractivity contribution in [3.05, 3.63) is 46.2 Å². The zero-order valence-electron chi connectivity index (χ0n) is 10.9. The summed E-state index contributed by atoms with van der Waals surface area (Å²) in [5.41, 5.74) is 2.89. The first kappa shape index (κ1) is 13.0. The first-order chi connectivity index (χ1) is 9.63. The molecule has 1 amide bonds. The molecule has 3 rings (SSSR count). The number of benzene rings is 1. The summed E-state index contributed by atoms with van der Waals surface area (Å²) in [6.45, 7) is 2.36. The normalized spacial score (nSPS) is 16.6. The molecule has 1 aromatic heterocycles. The highest BCUT2D eigenvalue weighted by molar-refractivity contribution is 6.30. The molecule has 0 fully saturated rings. The number of carbonyl (C=O) groups is 1. The standard InChI is InChI=1S/C14H14ClN3O2/c1-8-10(7-17-18-8)6-16-14(19)13-5-9-4-11(15)2-3-12(9)20-13/h2-4,7,13H,5-6H2,1H3,(H,16,19)(H,17,18)/t13-/m0/s1. The van der Waals surface area contributed by atoms with Crippen molar-refractivity contribution in [3.63, 3.8) is 0 Å². The van der Waals surface area contributed by atoms with Crippen LogP contribution >= 0.6 is 11.6 Å². The first-order valence-electron chi connectivity index (χ1n) is 6.35. The lowest BCUT2D eigenvalue weighted by Crippen LogP contribution is -2.37. The molecular formula is C14H14ClN3O2. The Kier molecular flexibility index (Phi) is 3.36. The Morgan fingerprint density at radius 2 is 2.45 bits per heavy atom. The molecule has 1 aliphatic rings. The predicted molar refractivity (Wildman–Crippen MR) is 74.7 cm³/mol. The summed E-state index contributed by atoms with van der Waals surface area (Å²) in [6.07, 6.45) is 1.77. The third-order valence-corrected chi connectivity index (χ3v) is 3.61. The number of hydrogen-bond acceptors (Lipinski definition) is 3. The van der Waals surface area contributed by atoms with E-state index in [0.717, 1.165) is 22.6 Å². The summed E-state index contributed by atoms with van der Waals surface area (Å²) in [6, 6.07) is 5.39. The average Bonchev–Trinajstić information content (AvgIpc) is 3.01. The Morgan fingerprint density at radius 3 is 3.20 bits per heavy atom. The van der Waals surface area contributed by atoms with Crippen LogP contribution < -0.4 is 10.1 Å². The second kappa shape index (κ2) is 5.17. The Labute approximate surface area is 121 Å². The number of carbonyl (C=O) groups excluding carboxylic acids is 1. The van der Waals surface area contributed by atoms with Crippen molar-refractivity contribution in [1.82, 2.24) is 15.5 Å². The van der Waals surface area contributed by atoms with Gasteiger partial charge in [0, 0.05) is 29.2 Å². The smallest absolute Gasteiger partial charge is 0.261 e. The number of aryl methyl sites for hydroxylation is 1. The van der Waals surface area contributed by atoms with Crippen molar-refractivity contribution in [1.29, 1.82) is 0 Å². The van der Waals surface area contributed by atoms with E-state index in [1.165, 1.54) is 0 Å². The second-order valence-electron chi connectivity index (χ2n) is 4.80. The summed E-state index contributed by atoms with van der Waals surface area (Å²) in [5, 5.41) is 10.3. The van der Waals surface area contributed by atoms with Crippen molar-refractivity contribution >= 4 is 17.5 Å². The van der Waals surface area contributed by atoms with Crippen molar-refractivity contribution in [2.45, 2.75) is 26.0 Å². The minimum atomic E-state index is -0.490. The minimum absolute atomic E-state index is 0.127. The molecule has 2 N–H and O–H groups in total. The molecule has 104 valence electrons. The van der Waals surface area contributed by atoms with Gasteiger partial charge in [-0.1, -0.05) is 11.6 Å². The number of aromatic nitrogens is 2. The molecule has 5 nitrogen and oxygen atoms in total. The monoisotopic (exact) mass is 291 g/mol. The van der Waals surface area contributed by atoms with Crippen LogP contribution in [0.25, 0.3) is 0 Å². The molecule has 0 aliphatic carbocycles. The first-order valence-corrected chi connectivity index (χ1v) is 6.73. The summed E-state index contributed by atoms with van der Waals surface area (Å²) < 4.78 is 5.63. The zero-order valence-corrected chi connectivity index (χ0v) is 11.7. The van der Waals surface area contributed by atoms with Gasteiger partial charge in [-0.05, 0) is 30.7 Å². The van der Waals surface area contributed by atoms with E-state index in [4.69, 9.17) is 16.3 Å². The van der Waals surface area contributed by atoms with Gasteiger partial charge in [-0.15, -0.1) is 0 Å². The Hall–Kier alpha value is -2.01. The van der Waals surface area contributed by atoms with E-state index in [1.807, 2.05) is 13.0 Å². The van der Waals surface area contributed by atoms with E-state index in [0.29, 0.717) is 18.0 Å². The maximum atomic E-state index is 12.1. The molecule has 0 saturated carbocycles. The van der Waals surface area contributed by atoms with E-state index in [9.17, 15) is 4.79 Å². The molecule has 2 aromatic rings. The summed E-state index contributed by atoms with van der Waals surface area (Å²) in [7, 11) is 0. The Morgan fingerprint density at radius 1 is 1.60 bits per heavy atom. The maximum Gasteiger partial charge on any atom is 0.261 e. The SMILES string of the molecule is Cc1[nH]ncc1CNC(=O)[C@@H]1Cc2cc(Cl)ccc2O1. The number of rotatable bonds is 3. The minimum Gasteiger partial charge on any atom is -0.480 e. The van der Waals surface area contributed by atoms with Crippen molar-refractivity contribution in [2.75, 3.05) is 0 Å². The van der Waals surface area contributed by atoms with Gasteiger partial charge in [0.05, 0.1) is 6.20 Å². The van der Waals surface area contributed by atoms with Gasteiger partial charge in [0.2, 0.25) is 0 Å². The molecule has 0 saturated heterocycles. The van der Waals surface area contributed by atoms with Crippen LogP contribution in [-0.4, -0.2) is 22.2 Å². The van der Waals surface area contributed by atoms with Crippen LogP contribution in [0.4, 0.5) is 0 Å². The van der Waals surface area contributed by atoms with E-state index in [1.54, 1.807) is 18.3 Å². The number of hydrogen-bond donors (Lipinski definition) is 2. The van der Waals surface area contributed by atoms with Gasteiger partial charge in [0.15, 0.2) is 6.10 Å². The molecule has 2 heterocycles. The lowest BCUT2D eigenvalue weighted by molar-refractivity contribution is -0.127. The van der Waals surface area contributed by atoms with Crippen LogP contribution in [0, 0.1) is 6.92 Å². The number of aromatic amines is 1. The van der Waals surface area contributed by atoms with E-state index >= 15 is 0 Å². The van der Waals surface area contributed by atoms with Crippen LogP contribution in [0.1, 0.15) is 16.8 Å². The Bertz CT molecular complexity index is 654. The molecule has 0 radical (unpaired) electrons. The number of fused-ring (bicyclic) bond motifs is 1. The number of amides is 1. The van der Waals surface area contributed by atoms with Gasteiger partial charge in [-0.3, -0.25) is 9.89 Å². The lowest BCUT2D eigenvalue weighted by Gasteiger charge is -2.10. The van der Waals surface area contributed by atoms with Crippen LogP contribution in [0.5, 0.6) is 5.75 Å². The molecule has 0 bridgehead atoms. The van der Waals surface area contributed by atoms with Gasteiger partial charge in [-0.2, -0.15) is 5.10 Å². The van der Waals surface area contributed by atoms with Crippen molar-refractivity contribution in [3.8, 4) is 5.75 Å². The highest BCUT2D eigenvalue weighted by Crippen LogP contribution is 2.31. The van der Waals surface area contributed by atoms with Gasteiger partial charge in [0.1, 0.15) is 5.75 Å².